The van der Waals surface area contributed by atoms with Crippen LogP contribution in [0.2, 0.25) is 0 Å². The number of alkyl halides is 8. The average molecular weight is 865 g/mol. The van der Waals surface area contributed by atoms with E-state index in [0.29, 0.717) is 0 Å². The Morgan fingerprint density at radius 1 is 0.556 bits per heavy atom. The lowest BCUT2D eigenvalue weighted by Gasteiger charge is -2.40. The maximum Gasteiger partial charge on any atom is 0.493 e. The third-order valence-corrected chi connectivity index (χ3v) is 27.1. The number of fused-ring (bicyclic) bond motifs is 2. The van der Waals surface area contributed by atoms with E-state index in [9.17, 15) is 35.1 Å². The smallest absolute Gasteiger partial charge is 0.318 e. The average Bonchev–Trinajstić information content (AvgIpc) is 3.03. The van der Waals surface area contributed by atoms with Crippen molar-refractivity contribution in [3.8, 4) is 0 Å². The van der Waals surface area contributed by atoms with Gasteiger partial charge in [0.25, 0.3) is 6.78 Å². The molecule has 1 unspecified atom stereocenters. The summed E-state index contributed by atoms with van der Waals surface area (Å²) in [6, 6.07) is 0. The SMILES string of the molecule is FC1(F)COP2(=N[P@@]3(Cl)=N[P@@](Cl)(=N2)OC[C@@]2(CO3)CO[P@@]3(Cl)=N[P+](Cl)(N=P4(N3)OCC(F)(F)C(F)(F)CO4)OC2)OCC1(F)F. The molecule has 2 fully saturated rings. The summed E-state index contributed by atoms with van der Waals surface area (Å²) in [7, 11) is -12.7. The van der Waals surface area contributed by atoms with Gasteiger partial charge in [-0.3, -0.25) is 9.05 Å². The maximum absolute atomic E-state index is 14.0. The van der Waals surface area contributed by atoms with Crippen molar-refractivity contribution in [2.24, 2.45) is 28.0 Å². The number of hydrogen-bond acceptors (Lipinski definition) is 14. The van der Waals surface area contributed by atoms with E-state index in [2.05, 4.69) is 27.4 Å². The summed E-state index contributed by atoms with van der Waals surface area (Å²) in [6.07, 6.45) is 0. The summed E-state index contributed by atoms with van der Waals surface area (Å²) < 4.78 is 175. The van der Waals surface area contributed by atoms with Crippen LogP contribution in [0.25, 0.3) is 0 Å². The standard InChI is InChI=1S/C13H17Cl4F8N6O8P6/c14-40-26-41(15,29-44(28-40)36-5-10(18,19)11(20,21)6-37-44)33-2-9(1-32-40)3-34-42(16)27-43(17,35-4-9)31-45(30-42)38-7-12(22,23)13(24,25)8-39-45/h28H,1-8H2/q+1/t9-,40-,41?,42+,43-/m0/s1. The Balaban J connectivity index is 1.29. The Morgan fingerprint density at radius 2 is 1.02 bits per heavy atom. The largest absolute Gasteiger partial charge is 0.493 e. The van der Waals surface area contributed by atoms with Crippen LogP contribution in [0.3, 0.4) is 0 Å². The van der Waals surface area contributed by atoms with Gasteiger partial charge in [-0.25, -0.2) is 0 Å². The minimum atomic E-state index is -4.65. The number of hydrogen-bond donors (Lipinski definition) is 1. The Hall–Kier alpha value is 1.82. The van der Waals surface area contributed by atoms with Crippen molar-refractivity contribution < 1.29 is 71.3 Å². The number of nitrogens with zero attached hydrogens (tertiary/aromatic N) is 5. The molecule has 2 saturated heterocycles. The zero-order chi connectivity index (χ0) is 33.1. The molecule has 6 heterocycles. The molecule has 0 aromatic carbocycles. The van der Waals surface area contributed by atoms with Crippen molar-refractivity contribution in [1.29, 1.82) is 0 Å². The number of halogens is 12. The van der Waals surface area contributed by atoms with Crippen LogP contribution in [0.5, 0.6) is 0 Å². The Bertz CT molecular complexity index is 1540. The lowest BCUT2D eigenvalue weighted by Crippen LogP contribution is -2.45. The van der Waals surface area contributed by atoms with Gasteiger partial charge in [-0.1, -0.05) is 0 Å². The van der Waals surface area contributed by atoms with E-state index in [1.807, 2.05) is 0 Å². The van der Waals surface area contributed by atoms with Gasteiger partial charge in [-0.05, 0) is 42.8 Å². The van der Waals surface area contributed by atoms with E-state index in [4.69, 9.17) is 81.2 Å². The molecular formula is C13H17Cl4F8N6O8P6+. The van der Waals surface area contributed by atoms with Gasteiger partial charge >= 0.3 is 59.7 Å². The summed E-state index contributed by atoms with van der Waals surface area (Å²) in [5.41, 5.74) is -1.46. The van der Waals surface area contributed by atoms with Crippen LogP contribution in [0.1, 0.15) is 0 Å². The normalized spacial score (nSPS) is 45.8. The molecule has 0 radical (unpaired) electrons. The van der Waals surface area contributed by atoms with Gasteiger partial charge in [0.2, 0.25) is 0 Å². The molecule has 32 heteroatoms. The molecule has 6 aliphatic heterocycles. The third kappa shape index (κ3) is 7.04. The first-order valence-electron chi connectivity index (χ1n) is 11.7. The molecule has 260 valence electrons. The summed E-state index contributed by atoms with van der Waals surface area (Å²) in [5, 5.41) is 0. The van der Waals surface area contributed by atoms with Gasteiger partial charge in [0, 0.05) is 0 Å². The first kappa shape index (κ1) is 36.6. The van der Waals surface area contributed by atoms with Crippen molar-refractivity contribution in [1.82, 2.24) is 4.86 Å². The molecular weight excluding hydrogens is 848 g/mol. The molecule has 0 aliphatic carbocycles. The Labute approximate surface area is 267 Å². The first-order valence-corrected chi connectivity index (χ1v) is 25.0. The molecule has 6 aliphatic rings. The van der Waals surface area contributed by atoms with Crippen molar-refractivity contribution in [2.75, 3.05) is 52.9 Å². The van der Waals surface area contributed by atoms with Crippen molar-refractivity contribution in [2.45, 2.75) is 23.7 Å². The van der Waals surface area contributed by atoms with Crippen LogP contribution in [0.15, 0.2) is 22.6 Å². The molecule has 0 aromatic rings. The summed E-state index contributed by atoms with van der Waals surface area (Å²) in [4.78, 5) is 2.41. The van der Waals surface area contributed by atoms with Crippen LogP contribution in [-0.2, 0) is 36.2 Å². The molecule has 0 saturated carbocycles. The second kappa shape index (κ2) is 11.4. The molecule has 4 bridgehead atoms. The van der Waals surface area contributed by atoms with Crippen LogP contribution in [0.4, 0.5) is 35.1 Å². The van der Waals surface area contributed by atoms with Gasteiger partial charge in [0.05, 0.1) is 25.2 Å². The zero-order valence-corrected chi connectivity index (χ0v) is 29.8. The van der Waals surface area contributed by atoms with Crippen LogP contribution >= 0.6 is 87.8 Å². The molecule has 3 spiro atoms. The Morgan fingerprint density at radius 3 is 1.56 bits per heavy atom. The van der Waals surface area contributed by atoms with Crippen LogP contribution < -0.4 is 4.86 Å². The number of rotatable bonds is 0. The minimum absolute atomic E-state index is 0.510. The van der Waals surface area contributed by atoms with E-state index in [0.717, 1.165) is 0 Å². The highest BCUT2D eigenvalue weighted by Gasteiger charge is 2.65. The fraction of sp³-hybridized carbons (Fsp3) is 1.00. The zero-order valence-electron chi connectivity index (χ0n) is 21.4. The molecule has 5 atom stereocenters. The van der Waals surface area contributed by atoms with E-state index in [-0.39, 0.29) is 0 Å². The fourth-order valence-electron chi connectivity index (χ4n) is 3.69. The highest BCUT2D eigenvalue weighted by molar-refractivity contribution is 8.05. The fourth-order valence-corrected chi connectivity index (χ4v) is 27.8. The monoisotopic (exact) mass is 863 g/mol. The van der Waals surface area contributed by atoms with E-state index < -0.39 is 125 Å². The molecule has 0 amide bonds. The van der Waals surface area contributed by atoms with Gasteiger partial charge in [-0.2, -0.15) is 58.1 Å². The van der Waals surface area contributed by atoms with E-state index in [1.54, 1.807) is 0 Å². The highest BCUT2D eigenvalue weighted by Crippen LogP contribution is 2.87. The van der Waals surface area contributed by atoms with Gasteiger partial charge in [-0.15, -0.1) is 0 Å². The predicted molar refractivity (Wildman–Crippen MR) is 150 cm³/mol. The van der Waals surface area contributed by atoms with Gasteiger partial charge < -0.3 is 22.6 Å². The molecule has 14 nitrogen and oxygen atoms in total. The first-order chi connectivity index (χ1) is 20.4. The van der Waals surface area contributed by atoms with Crippen molar-refractivity contribution in [3.05, 3.63) is 0 Å². The lowest BCUT2D eigenvalue weighted by molar-refractivity contribution is -0.222. The van der Waals surface area contributed by atoms with Gasteiger partial charge in [0.1, 0.15) is 33.0 Å². The summed E-state index contributed by atoms with van der Waals surface area (Å²) >= 11 is 26.1. The van der Waals surface area contributed by atoms with Gasteiger partial charge in [0.15, 0.2) is 11.2 Å². The lowest BCUT2D eigenvalue weighted by atomic mass is 9.93. The summed E-state index contributed by atoms with van der Waals surface area (Å²) in [5.74, 6) is -18.6. The molecule has 1 N–H and O–H groups in total. The molecule has 6 rings (SSSR count). The van der Waals surface area contributed by atoms with E-state index in [1.165, 1.54) is 0 Å². The van der Waals surface area contributed by atoms with Crippen LogP contribution in [-0.4, -0.2) is 76.5 Å². The molecule has 0 aromatic heterocycles. The predicted octanol–water partition coefficient (Wildman–Crippen LogP) is 10.7. The van der Waals surface area contributed by atoms with Crippen molar-refractivity contribution in [3.63, 3.8) is 0 Å². The maximum atomic E-state index is 14.0. The number of nitrogens with one attached hydrogen (secondary N) is 1. The Kier molecular flexibility index (Phi) is 9.28. The quantitative estimate of drug-likeness (QED) is 0.186. The van der Waals surface area contributed by atoms with E-state index >= 15 is 0 Å². The highest BCUT2D eigenvalue weighted by atomic mass is 35.7. The second-order valence-corrected chi connectivity index (χ2v) is 27.6. The molecule has 45 heavy (non-hydrogen) atoms. The van der Waals surface area contributed by atoms with Crippen molar-refractivity contribution >= 4 is 87.8 Å². The third-order valence-electron chi connectivity index (χ3n) is 6.26. The topological polar surface area (TPSA) is 148 Å². The second-order valence-electron chi connectivity index (χ2n) is 9.98. The minimum Gasteiger partial charge on any atom is -0.318 e. The summed E-state index contributed by atoms with van der Waals surface area (Å²) in [6.45, 7) is -21.5. The van der Waals surface area contributed by atoms with Crippen LogP contribution in [0, 0.1) is 5.41 Å².